The van der Waals surface area contributed by atoms with Gasteiger partial charge in [-0.2, -0.15) is 0 Å². The lowest BCUT2D eigenvalue weighted by molar-refractivity contribution is -0.125. The van der Waals surface area contributed by atoms with Crippen molar-refractivity contribution in [2.24, 2.45) is 0 Å². The number of imide groups is 1. The third-order valence-electron chi connectivity index (χ3n) is 2.63. The summed E-state index contributed by atoms with van der Waals surface area (Å²) in [6.45, 7) is 7.80. The van der Waals surface area contributed by atoms with Gasteiger partial charge in [0.15, 0.2) is 0 Å². The first-order valence-corrected chi connectivity index (χ1v) is 5.86. The molecule has 98 valence electrons. The molecule has 0 saturated carbocycles. The third-order valence-corrected chi connectivity index (χ3v) is 2.63. The highest BCUT2D eigenvalue weighted by atomic mass is 16.3. The van der Waals surface area contributed by atoms with Crippen LogP contribution in [0.15, 0.2) is 0 Å². The van der Waals surface area contributed by atoms with E-state index in [2.05, 4.69) is 5.32 Å². The molecular weight excluding hydrogens is 222 g/mol. The summed E-state index contributed by atoms with van der Waals surface area (Å²) in [6, 6.07) is -0.325. The summed E-state index contributed by atoms with van der Waals surface area (Å²) in [4.78, 5) is 25.9. The van der Waals surface area contributed by atoms with Crippen molar-refractivity contribution in [1.29, 1.82) is 0 Å². The fraction of sp³-hybridized carbons (Fsp3) is 0.818. The van der Waals surface area contributed by atoms with Crippen LogP contribution in [0.4, 0.5) is 4.79 Å². The van der Waals surface area contributed by atoms with Crippen LogP contribution in [-0.4, -0.2) is 65.2 Å². The van der Waals surface area contributed by atoms with Gasteiger partial charge in [0.25, 0.3) is 0 Å². The molecule has 0 aliphatic carbocycles. The molecule has 1 aliphatic rings. The monoisotopic (exact) mass is 243 g/mol. The molecule has 0 radical (unpaired) electrons. The molecule has 1 aliphatic heterocycles. The lowest BCUT2D eigenvalue weighted by Crippen LogP contribution is -2.43. The van der Waals surface area contributed by atoms with Crippen LogP contribution in [0.1, 0.15) is 20.8 Å². The molecular formula is C11H21N3O3. The minimum atomic E-state index is -0.771. The molecule has 1 heterocycles. The van der Waals surface area contributed by atoms with Crippen LogP contribution < -0.4 is 5.32 Å². The van der Waals surface area contributed by atoms with E-state index in [0.717, 1.165) is 6.54 Å². The van der Waals surface area contributed by atoms with Crippen molar-refractivity contribution in [1.82, 2.24) is 15.1 Å². The SMILES string of the molecule is CCN(CCN1C(=O)CNC1=O)CC(C)(C)O. The van der Waals surface area contributed by atoms with Crippen molar-refractivity contribution in [2.45, 2.75) is 26.4 Å². The van der Waals surface area contributed by atoms with Crippen molar-refractivity contribution in [3.63, 3.8) is 0 Å². The van der Waals surface area contributed by atoms with Gasteiger partial charge in [-0.1, -0.05) is 6.92 Å². The van der Waals surface area contributed by atoms with Gasteiger partial charge in [-0.15, -0.1) is 0 Å². The summed E-state index contributed by atoms with van der Waals surface area (Å²) in [5.41, 5.74) is -0.771. The minimum Gasteiger partial charge on any atom is -0.389 e. The van der Waals surface area contributed by atoms with Gasteiger partial charge in [0, 0.05) is 19.6 Å². The average molecular weight is 243 g/mol. The summed E-state index contributed by atoms with van der Waals surface area (Å²) in [7, 11) is 0. The number of amides is 3. The zero-order valence-electron chi connectivity index (χ0n) is 10.7. The highest BCUT2D eigenvalue weighted by Gasteiger charge is 2.28. The number of hydrogen-bond donors (Lipinski definition) is 2. The minimum absolute atomic E-state index is 0.0937. The molecule has 0 atom stereocenters. The normalized spacial score (nSPS) is 16.9. The van der Waals surface area contributed by atoms with Crippen LogP contribution in [0, 0.1) is 0 Å². The maximum atomic E-state index is 11.3. The first kappa shape index (κ1) is 13.9. The average Bonchev–Trinajstić information content (AvgIpc) is 2.52. The summed E-state index contributed by atoms with van der Waals surface area (Å²) in [5, 5.41) is 12.2. The predicted octanol–water partition coefficient (Wildman–Crippen LogP) is -0.369. The number of likely N-dealkylation sites (N-methyl/N-ethyl adjacent to an activating group) is 1. The quantitative estimate of drug-likeness (QED) is 0.624. The number of rotatable bonds is 6. The van der Waals surface area contributed by atoms with E-state index in [-0.39, 0.29) is 18.5 Å². The molecule has 2 N–H and O–H groups in total. The van der Waals surface area contributed by atoms with E-state index in [1.165, 1.54) is 4.90 Å². The van der Waals surface area contributed by atoms with E-state index >= 15 is 0 Å². The lowest BCUT2D eigenvalue weighted by atomic mass is 10.1. The number of carbonyl (C=O) groups excluding carboxylic acids is 2. The van der Waals surface area contributed by atoms with Gasteiger partial charge in [0.1, 0.15) is 0 Å². The molecule has 1 fully saturated rings. The molecule has 6 nitrogen and oxygen atoms in total. The molecule has 0 aromatic heterocycles. The summed E-state index contributed by atoms with van der Waals surface area (Å²) >= 11 is 0. The van der Waals surface area contributed by atoms with Crippen molar-refractivity contribution in [3.8, 4) is 0 Å². The van der Waals surface area contributed by atoms with Crippen LogP contribution in [0.3, 0.4) is 0 Å². The number of hydrogen-bond acceptors (Lipinski definition) is 4. The van der Waals surface area contributed by atoms with Crippen LogP contribution in [-0.2, 0) is 4.79 Å². The lowest BCUT2D eigenvalue weighted by Gasteiger charge is -2.28. The maximum Gasteiger partial charge on any atom is 0.324 e. The van der Waals surface area contributed by atoms with E-state index in [1.807, 2.05) is 11.8 Å². The number of nitrogens with zero attached hydrogens (tertiary/aromatic N) is 2. The second-order valence-corrected chi connectivity index (χ2v) is 4.89. The molecule has 0 unspecified atom stereocenters. The Hall–Kier alpha value is -1.14. The summed E-state index contributed by atoms with van der Waals surface area (Å²) < 4.78 is 0. The van der Waals surface area contributed by atoms with Gasteiger partial charge in [-0.05, 0) is 20.4 Å². The molecule has 6 heteroatoms. The topological polar surface area (TPSA) is 72.9 Å². The summed E-state index contributed by atoms with van der Waals surface area (Å²) in [6.07, 6.45) is 0. The predicted molar refractivity (Wildman–Crippen MR) is 63.5 cm³/mol. The van der Waals surface area contributed by atoms with Crippen molar-refractivity contribution >= 4 is 11.9 Å². The molecule has 1 saturated heterocycles. The number of carbonyl (C=O) groups is 2. The van der Waals surface area contributed by atoms with Gasteiger partial charge in [-0.3, -0.25) is 14.6 Å². The molecule has 1 rings (SSSR count). The largest absolute Gasteiger partial charge is 0.389 e. The van der Waals surface area contributed by atoms with Crippen LogP contribution >= 0.6 is 0 Å². The van der Waals surface area contributed by atoms with Crippen molar-refractivity contribution in [2.75, 3.05) is 32.7 Å². The number of urea groups is 1. The zero-order chi connectivity index (χ0) is 13.1. The Bertz CT molecular complexity index is 283. The molecule has 17 heavy (non-hydrogen) atoms. The Morgan fingerprint density at radius 1 is 1.47 bits per heavy atom. The molecule has 0 spiro atoms. The van der Waals surface area contributed by atoms with Gasteiger partial charge in [0.05, 0.1) is 12.1 Å². The standard InChI is InChI=1S/C11H21N3O3/c1-4-13(8-11(2,3)17)5-6-14-9(15)7-12-10(14)16/h17H,4-8H2,1-3H3,(H,12,16). The van der Waals surface area contributed by atoms with Crippen molar-refractivity contribution in [3.05, 3.63) is 0 Å². The second kappa shape index (κ2) is 5.46. The Balaban J connectivity index is 2.42. The van der Waals surface area contributed by atoms with Gasteiger partial charge in [0.2, 0.25) is 5.91 Å². The van der Waals surface area contributed by atoms with Gasteiger partial charge >= 0.3 is 6.03 Å². The zero-order valence-corrected chi connectivity index (χ0v) is 10.7. The van der Waals surface area contributed by atoms with E-state index in [4.69, 9.17) is 0 Å². The molecule has 0 aromatic carbocycles. The third kappa shape index (κ3) is 4.32. The van der Waals surface area contributed by atoms with Crippen molar-refractivity contribution < 1.29 is 14.7 Å². The van der Waals surface area contributed by atoms with Crippen LogP contribution in [0.5, 0.6) is 0 Å². The maximum absolute atomic E-state index is 11.3. The highest BCUT2D eigenvalue weighted by molar-refractivity contribution is 6.01. The second-order valence-electron chi connectivity index (χ2n) is 4.89. The first-order valence-electron chi connectivity index (χ1n) is 5.86. The van der Waals surface area contributed by atoms with Gasteiger partial charge in [-0.25, -0.2) is 4.79 Å². The molecule has 3 amide bonds. The first-order chi connectivity index (χ1) is 7.83. The summed E-state index contributed by atoms with van der Waals surface area (Å²) in [5.74, 6) is -0.186. The molecule has 0 aromatic rings. The smallest absolute Gasteiger partial charge is 0.324 e. The van der Waals surface area contributed by atoms with E-state index in [0.29, 0.717) is 19.6 Å². The molecule has 0 bridgehead atoms. The van der Waals surface area contributed by atoms with Gasteiger partial charge < -0.3 is 10.4 Å². The Morgan fingerprint density at radius 3 is 2.53 bits per heavy atom. The van der Waals surface area contributed by atoms with E-state index < -0.39 is 5.60 Å². The van der Waals surface area contributed by atoms with E-state index in [1.54, 1.807) is 13.8 Å². The van der Waals surface area contributed by atoms with E-state index in [9.17, 15) is 14.7 Å². The number of nitrogens with one attached hydrogen (secondary N) is 1. The van der Waals surface area contributed by atoms with Crippen LogP contribution in [0.25, 0.3) is 0 Å². The highest BCUT2D eigenvalue weighted by Crippen LogP contribution is 2.06. The fourth-order valence-electron chi connectivity index (χ4n) is 1.82. The number of aliphatic hydroxyl groups is 1. The Morgan fingerprint density at radius 2 is 2.12 bits per heavy atom. The fourth-order valence-corrected chi connectivity index (χ4v) is 1.82. The van der Waals surface area contributed by atoms with Crippen LogP contribution in [0.2, 0.25) is 0 Å². The Labute approximate surface area is 102 Å². The Kier molecular flexibility index (Phi) is 4.47.